The second kappa shape index (κ2) is 4.85. The fourth-order valence-corrected chi connectivity index (χ4v) is 1.43. The third-order valence-corrected chi connectivity index (χ3v) is 2.37. The lowest BCUT2D eigenvalue weighted by molar-refractivity contribution is -0.385. The predicted molar refractivity (Wildman–Crippen MR) is 58.3 cm³/mol. The van der Waals surface area contributed by atoms with Crippen LogP contribution in [0.4, 0.5) is 5.69 Å². The van der Waals surface area contributed by atoms with Gasteiger partial charge < -0.3 is 0 Å². The number of hydrogen-bond acceptors (Lipinski definition) is 4. The van der Waals surface area contributed by atoms with Gasteiger partial charge in [0.15, 0.2) is 5.78 Å². The first-order valence-electron chi connectivity index (χ1n) is 4.34. The summed E-state index contributed by atoms with van der Waals surface area (Å²) in [6, 6.07) is 2.40. The van der Waals surface area contributed by atoms with E-state index in [1.165, 1.54) is 12.1 Å². The largest absolute Gasteiger partial charge is 0.298 e. The Kier molecular flexibility index (Phi) is 3.73. The SMILES string of the molecule is Cc1cc([N+](=O)[O-])c(C(=O)CCl)cc1C=O. The van der Waals surface area contributed by atoms with Gasteiger partial charge in [0, 0.05) is 11.6 Å². The van der Waals surface area contributed by atoms with Gasteiger partial charge >= 0.3 is 0 Å². The van der Waals surface area contributed by atoms with Crippen LogP contribution in [0.15, 0.2) is 12.1 Å². The Bertz CT molecular complexity index is 470. The lowest BCUT2D eigenvalue weighted by Crippen LogP contribution is -2.07. The molecule has 0 aliphatic rings. The van der Waals surface area contributed by atoms with Crippen LogP contribution in [-0.2, 0) is 0 Å². The van der Waals surface area contributed by atoms with E-state index in [0.29, 0.717) is 11.8 Å². The molecule has 0 atom stereocenters. The van der Waals surface area contributed by atoms with Crippen LogP contribution in [0.2, 0.25) is 0 Å². The Balaban J connectivity index is 3.48. The van der Waals surface area contributed by atoms with Crippen LogP contribution in [-0.4, -0.2) is 22.9 Å². The van der Waals surface area contributed by atoms with E-state index < -0.39 is 10.7 Å². The summed E-state index contributed by atoms with van der Waals surface area (Å²) in [7, 11) is 0. The number of hydrogen-bond donors (Lipinski definition) is 0. The number of nitrogens with zero attached hydrogens (tertiary/aromatic N) is 1. The first kappa shape index (κ1) is 12.3. The number of ketones is 1. The van der Waals surface area contributed by atoms with Gasteiger partial charge in [-0.15, -0.1) is 11.6 Å². The minimum absolute atomic E-state index is 0.132. The fraction of sp³-hybridized carbons (Fsp3) is 0.200. The average molecular weight is 242 g/mol. The third kappa shape index (κ3) is 2.25. The van der Waals surface area contributed by atoms with Crippen molar-refractivity contribution >= 4 is 29.4 Å². The number of carbonyl (C=O) groups excluding carboxylic acids is 2. The second-order valence-corrected chi connectivity index (χ2v) is 3.42. The molecule has 84 valence electrons. The summed E-state index contributed by atoms with van der Waals surface area (Å²) < 4.78 is 0. The number of rotatable bonds is 4. The molecule has 0 unspecified atom stereocenters. The maximum absolute atomic E-state index is 11.4. The predicted octanol–water partition coefficient (Wildman–Crippen LogP) is 2.14. The Hall–Kier alpha value is -1.75. The number of benzene rings is 1. The molecule has 0 spiro atoms. The van der Waals surface area contributed by atoms with Crippen LogP contribution in [0.5, 0.6) is 0 Å². The number of aryl methyl sites for hydroxylation is 1. The number of aldehydes is 1. The Morgan fingerprint density at radius 3 is 2.62 bits per heavy atom. The maximum atomic E-state index is 11.4. The highest BCUT2D eigenvalue weighted by atomic mass is 35.5. The van der Waals surface area contributed by atoms with Gasteiger partial charge in [0.25, 0.3) is 5.69 Å². The Morgan fingerprint density at radius 2 is 2.19 bits per heavy atom. The van der Waals surface area contributed by atoms with Crippen molar-refractivity contribution in [1.29, 1.82) is 0 Å². The summed E-state index contributed by atoms with van der Waals surface area (Å²) >= 11 is 5.34. The summed E-state index contributed by atoms with van der Waals surface area (Å²) in [5, 5.41) is 10.7. The van der Waals surface area contributed by atoms with Gasteiger partial charge in [0.05, 0.1) is 16.4 Å². The molecule has 0 aliphatic carbocycles. The summed E-state index contributed by atoms with van der Waals surface area (Å²) in [6.45, 7) is 1.56. The molecule has 0 heterocycles. The standard InChI is InChI=1S/C10H8ClNO4/c1-6-2-9(12(15)16)8(10(14)4-11)3-7(6)5-13/h2-3,5H,4H2,1H3. The third-order valence-electron chi connectivity index (χ3n) is 2.13. The topological polar surface area (TPSA) is 77.3 Å². The molecule has 0 saturated carbocycles. The zero-order valence-corrected chi connectivity index (χ0v) is 9.15. The van der Waals surface area contributed by atoms with Crippen molar-refractivity contribution in [1.82, 2.24) is 0 Å². The summed E-state index contributed by atoms with van der Waals surface area (Å²) in [5.41, 5.74) is 0.244. The zero-order chi connectivity index (χ0) is 12.3. The number of alkyl halides is 1. The van der Waals surface area contributed by atoms with Crippen molar-refractivity contribution < 1.29 is 14.5 Å². The van der Waals surface area contributed by atoms with E-state index in [1.54, 1.807) is 6.92 Å². The van der Waals surface area contributed by atoms with Crippen molar-refractivity contribution in [2.45, 2.75) is 6.92 Å². The highest BCUT2D eigenvalue weighted by Gasteiger charge is 2.21. The van der Waals surface area contributed by atoms with Crippen molar-refractivity contribution in [3.05, 3.63) is 38.9 Å². The number of halogens is 1. The molecular formula is C10H8ClNO4. The molecule has 1 rings (SSSR count). The van der Waals surface area contributed by atoms with E-state index in [1.807, 2.05) is 0 Å². The summed E-state index contributed by atoms with van der Waals surface area (Å²) in [5.74, 6) is -0.932. The van der Waals surface area contributed by atoms with Crippen molar-refractivity contribution in [3.63, 3.8) is 0 Å². The normalized spacial score (nSPS) is 9.88. The molecule has 0 aliphatic heterocycles. The molecule has 1 aromatic carbocycles. The van der Waals surface area contributed by atoms with E-state index in [2.05, 4.69) is 0 Å². The highest BCUT2D eigenvalue weighted by Crippen LogP contribution is 2.23. The second-order valence-electron chi connectivity index (χ2n) is 3.16. The fourth-order valence-electron chi connectivity index (χ4n) is 1.28. The minimum Gasteiger partial charge on any atom is -0.298 e. The molecule has 0 saturated heterocycles. The lowest BCUT2D eigenvalue weighted by atomic mass is 10.0. The first-order chi connectivity index (χ1) is 7.51. The van der Waals surface area contributed by atoms with Crippen LogP contribution in [0.1, 0.15) is 26.3 Å². The van der Waals surface area contributed by atoms with Crippen LogP contribution in [0.25, 0.3) is 0 Å². The Labute approximate surface area is 96.2 Å². The van der Waals surface area contributed by atoms with E-state index in [0.717, 1.165) is 0 Å². The quantitative estimate of drug-likeness (QED) is 0.266. The molecule has 0 N–H and O–H groups in total. The number of carbonyl (C=O) groups is 2. The molecule has 0 aromatic heterocycles. The molecule has 5 nitrogen and oxygen atoms in total. The van der Waals surface area contributed by atoms with Crippen LogP contribution in [0.3, 0.4) is 0 Å². The van der Waals surface area contributed by atoms with E-state index in [4.69, 9.17) is 11.6 Å². The van der Waals surface area contributed by atoms with Crippen LogP contribution < -0.4 is 0 Å². The van der Waals surface area contributed by atoms with Gasteiger partial charge in [0.2, 0.25) is 0 Å². The van der Waals surface area contributed by atoms with Crippen molar-refractivity contribution in [3.8, 4) is 0 Å². The summed E-state index contributed by atoms with van der Waals surface area (Å²) in [6.07, 6.45) is 0.546. The molecular weight excluding hydrogens is 234 g/mol. The van der Waals surface area contributed by atoms with Gasteiger partial charge in [-0.25, -0.2) is 0 Å². The lowest BCUT2D eigenvalue weighted by Gasteiger charge is -2.03. The van der Waals surface area contributed by atoms with Crippen LogP contribution >= 0.6 is 11.6 Å². The first-order valence-corrected chi connectivity index (χ1v) is 4.88. The molecule has 0 radical (unpaired) electrons. The minimum atomic E-state index is -0.665. The molecule has 0 bridgehead atoms. The number of nitro benzene ring substituents is 1. The highest BCUT2D eigenvalue weighted by molar-refractivity contribution is 6.31. The van der Waals surface area contributed by atoms with E-state index >= 15 is 0 Å². The van der Waals surface area contributed by atoms with Gasteiger partial charge in [-0.3, -0.25) is 19.7 Å². The molecule has 1 aromatic rings. The average Bonchev–Trinajstić information content (AvgIpc) is 2.27. The van der Waals surface area contributed by atoms with Gasteiger partial charge in [-0.2, -0.15) is 0 Å². The number of Topliss-reactive ketones (excluding diaryl/α,β-unsaturated/α-hetero) is 1. The molecule has 16 heavy (non-hydrogen) atoms. The molecule has 0 fully saturated rings. The van der Waals surface area contributed by atoms with Gasteiger partial charge in [-0.05, 0) is 18.6 Å². The number of nitro groups is 1. The monoisotopic (exact) mass is 241 g/mol. The van der Waals surface area contributed by atoms with Crippen molar-refractivity contribution in [2.75, 3.05) is 5.88 Å². The van der Waals surface area contributed by atoms with Gasteiger partial charge in [-0.1, -0.05) is 0 Å². The summed E-state index contributed by atoms with van der Waals surface area (Å²) in [4.78, 5) is 32.1. The van der Waals surface area contributed by atoms with Crippen LogP contribution in [0, 0.1) is 17.0 Å². The molecule has 0 amide bonds. The smallest absolute Gasteiger partial charge is 0.280 e. The zero-order valence-electron chi connectivity index (χ0n) is 8.40. The Morgan fingerprint density at radius 1 is 1.56 bits per heavy atom. The van der Waals surface area contributed by atoms with E-state index in [9.17, 15) is 19.7 Å². The van der Waals surface area contributed by atoms with Crippen molar-refractivity contribution in [2.24, 2.45) is 0 Å². The van der Waals surface area contributed by atoms with Gasteiger partial charge in [0.1, 0.15) is 6.29 Å². The maximum Gasteiger partial charge on any atom is 0.280 e. The molecule has 6 heteroatoms. The van der Waals surface area contributed by atoms with E-state index in [-0.39, 0.29) is 22.7 Å².